The first-order valence-electron chi connectivity index (χ1n) is 6.72. The van der Waals surface area contributed by atoms with Gasteiger partial charge in [0.2, 0.25) is 6.29 Å². The summed E-state index contributed by atoms with van der Waals surface area (Å²) in [5.74, 6) is -2.13. The van der Waals surface area contributed by atoms with Crippen LogP contribution >= 0.6 is 0 Å². The van der Waals surface area contributed by atoms with Crippen molar-refractivity contribution in [3.05, 3.63) is 29.6 Å². The number of hydrogen-bond acceptors (Lipinski definition) is 8. The van der Waals surface area contributed by atoms with Crippen LogP contribution in [0.2, 0.25) is 0 Å². The quantitative estimate of drug-likeness (QED) is 0.500. The van der Waals surface area contributed by atoms with Crippen molar-refractivity contribution >= 4 is 5.97 Å². The number of ether oxygens (including phenoxy) is 3. The lowest BCUT2D eigenvalue weighted by atomic mass is 9.99. The molecule has 0 radical (unpaired) electrons. The molecule has 0 bridgehead atoms. The zero-order valence-electron chi connectivity index (χ0n) is 12.1. The highest BCUT2D eigenvalue weighted by Crippen LogP contribution is 2.27. The molecule has 1 heterocycles. The fourth-order valence-electron chi connectivity index (χ4n) is 2.12. The minimum atomic E-state index is -1.75. The summed E-state index contributed by atoms with van der Waals surface area (Å²) in [6.45, 7) is -0.366. The summed E-state index contributed by atoms with van der Waals surface area (Å²) in [5.41, 5.74) is 0.308. The van der Waals surface area contributed by atoms with E-state index in [1.165, 1.54) is 12.1 Å². The van der Waals surface area contributed by atoms with E-state index in [0.717, 1.165) is 13.2 Å². The molecule has 1 aliphatic heterocycles. The highest BCUT2D eigenvalue weighted by molar-refractivity contribution is 5.75. The van der Waals surface area contributed by atoms with Gasteiger partial charge in [-0.3, -0.25) is 0 Å². The van der Waals surface area contributed by atoms with Gasteiger partial charge in [0.05, 0.1) is 13.7 Å². The molecule has 0 spiro atoms. The molecule has 1 aromatic rings. The van der Waals surface area contributed by atoms with Gasteiger partial charge in [-0.2, -0.15) is 0 Å². The standard InChI is InChI=1S/C14H17FO8/c1-21-13(20)12-10(18)9(17)11(19)14(23-12)22-8-3-2-6(5-16)4-7(8)15/h2-4,9-12,14,16-19H,5H2,1H3/t9-,10-,11+,12-,14+/m0/s1. The van der Waals surface area contributed by atoms with E-state index in [2.05, 4.69) is 4.74 Å². The normalized spacial score (nSPS) is 30.8. The molecule has 23 heavy (non-hydrogen) atoms. The SMILES string of the molecule is COC(=O)[C@H]1O[C@@H](Oc2ccc(CO)cc2F)[C@H](O)[C@@H](O)[C@@H]1O. The first-order valence-corrected chi connectivity index (χ1v) is 6.72. The summed E-state index contributed by atoms with van der Waals surface area (Å²) in [5, 5.41) is 38.3. The Morgan fingerprint density at radius 1 is 1.26 bits per heavy atom. The average molecular weight is 332 g/mol. The third-order valence-electron chi connectivity index (χ3n) is 3.43. The molecule has 9 heteroatoms. The van der Waals surface area contributed by atoms with E-state index < -0.39 is 42.5 Å². The monoisotopic (exact) mass is 332 g/mol. The molecule has 4 N–H and O–H groups in total. The Hall–Kier alpha value is -1.78. The summed E-state index contributed by atoms with van der Waals surface area (Å²) in [6.07, 6.45) is -8.39. The van der Waals surface area contributed by atoms with Crippen LogP contribution in [0.3, 0.4) is 0 Å². The lowest BCUT2D eigenvalue weighted by molar-refractivity contribution is -0.272. The van der Waals surface area contributed by atoms with Crippen LogP contribution in [0.4, 0.5) is 4.39 Å². The van der Waals surface area contributed by atoms with E-state index in [9.17, 15) is 24.5 Å². The van der Waals surface area contributed by atoms with Crippen LogP contribution in [0.5, 0.6) is 5.75 Å². The Bertz CT molecular complexity index is 566. The van der Waals surface area contributed by atoms with Crippen molar-refractivity contribution in [1.82, 2.24) is 0 Å². The maximum atomic E-state index is 13.8. The van der Waals surface area contributed by atoms with Gasteiger partial charge in [0, 0.05) is 0 Å². The summed E-state index contributed by atoms with van der Waals surface area (Å²) >= 11 is 0. The number of esters is 1. The topological polar surface area (TPSA) is 126 Å². The van der Waals surface area contributed by atoms with Crippen molar-refractivity contribution in [1.29, 1.82) is 0 Å². The summed E-state index contributed by atoms with van der Waals surface area (Å²) in [4.78, 5) is 11.5. The fraction of sp³-hybridized carbons (Fsp3) is 0.500. The predicted molar refractivity (Wildman–Crippen MR) is 71.6 cm³/mol. The highest BCUT2D eigenvalue weighted by atomic mass is 19.1. The van der Waals surface area contributed by atoms with Gasteiger partial charge < -0.3 is 34.6 Å². The van der Waals surface area contributed by atoms with Crippen molar-refractivity contribution in [3.63, 3.8) is 0 Å². The molecular weight excluding hydrogens is 315 g/mol. The second kappa shape index (κ2) is 7.20. The molecule has 0 aromatic heterocycles. The number of hydrogen-bond donors (Lipinski definition) is 4. The minimum absolute atomic E-state index is 0.308. The number of aliphatic hydroxyl groups is 4. The van der Waals surface area contributed by atoms with E-state index in [1.54, 1.807) is 0 Å². The van der Waals surface area contributed by atoms with Gasteiger partial charge in [0.25, 0.3) is 0 Å². The van der Waals surface area contributed by atoms with E-state index in [-0.39, 0.29) is 12.4 Å². The molecule has 1 fully saturated rings. The summed E-state index contributed by atoms with van der Waals surface area (Å²) < 4.78 is 28.5. The molecule has 2 rings (SSSR count). The first-order chi connectivity index (χ1) is 10.9. The average Bonchev–Trinajstić information content (AvgIpc) is 2.56. The number of benzene rings is 1. The number of carbonyl (C=O) groups is 1. The molecule has 1 aliphatic rings. The molecule has 1 saturated heterocycles. The smallest absolute Gasteiger partial charge is 0.337 e. The Kier molecular flexibility index (Phi) is 5.50. The van der Waals surface area contributed by atoms with Crippen LogP contribution in [0.1, 0.15) is 5.56 Å². The maximum absolute atomic E-state index is 13.8. The second-order valence-electron chi connectivity index (χ2n) is 4.96. The minimum Gasteiger partial charge on any atom is -0.467 e. The third-order valence-corrected chi connectivity index (χ3v) is 3.43. The van der Waals surface area contributed by atoms with Crippen LogP contribution in [0.15, 0.2) is 18.2 Å². The van der Waals surface area contributed by atoms with E-state index >= 15 is 0 Å². The Morgan fingerprint density at radius 2 is 1.96 bits per heavy atom. The molecule has 8 nitrogen and oxygen atoms in total. The van der Waals surface area contributed by atoms with Gasteiger partial charge in [-0.15, -0.1) is 0 Å². The summed E-state index contributed by atoms with van der Waals surface area (Å²) in [6, 6.07) is 3.60. The van der Waals surface area contributed by atoms with Gasteiger partial charge in [-0.1, -0.05) is 6.07 Å². The number of carbonyl (C=O) groups excluding carboxylic acids is 1. The lowest BCUT2D eigenvalue weighted by Crippen LogP contribution is -2.61. The predicted octanol–water partition coefficient (Wildman–Crippen LogP) is -1.32. The number of rotatable bonds is 4. The van der Waals surface area contributed by atoms with Crippen LogP contribution in [0.25, 0.3) is 0 Å². The van der Waals surface area contributed by atoms with Gasteiger partial charge in [0.1, 0.15) is 18.3 Å². The zero-order valence-corrected chi connectivity index (χ0v) is 12.1. The van der Waals surface area contributed by atoms with Crippen LogP contribution < -0.4 is 4.74 Å². The Balaban J connectivity index is 2.19. The van der Waals surface area contributed by atoms with Gasteiger partial charge in [0.15, 0.2) is 17.7 Å². The number of halogens is 1. The van der Waals surface area contributed by atoms with Crippen LogP contribution in [0, 0.1) is 5.82 Å². The van der Waals surface area contributed by atoms with E-state index in [1.807, 2.05) is 0 Å². The molecule has 0 amide bonds. The molecule has 0 aliphatic carbocycles. The Morgan fingerprint density at radius 3 is 2.52 bits per heavy atom. The van der Waals surface area contributed by atoms with Crippen molar-refractivity contribution in [3.8, 4) is 5.75 Å². The lowest BCUT2D eigenvalue weighted by Gasteiger charge is -2.38. The molecular formula is C14H17FO8. The largest absolute Gasteiger partial charge is 0.467 e. The molecule has 128 valence electrons. The number of methoxy groups -OCH3 is 1. The highest BCUT2D eigenvalue weighted by Gasteiger charge is 2.48. The van der Waals surface area contributed by atoms with Crippen molar-refractivity contribution in [2.24, 2.45) is 0 Å². The first kappa shape index (κ1) is 17.6. The van der Waals surface area contributed by atoms with Crippen LogP contribution in [-0.2, 0) is 20.9 Å². The molecule has 0 saturated carbocycles. The fourth-order valence-corrected chi connectivity index (χ4v) is 2.12. The third kappa shape index (κ3) is 3.59. The Labute approximate surface area is 130 Å². The zero-order chi connectivity index (χ0) is 17.1. The van der Waals surface area contributed by atoms with Crippen molar-refractivity contribution < 1.29 is 43.8 Å². The van der Waals surface area contributed by atoms with Crippen molar-refractivity contribution in [2.45, 2.75) is 37.3 Å². The molecule has 5 atom stereocenters. The second-order valence-corrected chi connectivity index (χ2v) is 4.96. The van der Waals surface area contributed by atoms with E-state index in [4.69, 9.17) is 14.6 Å². The summed E-state index contributed by atoms with van der Waals surface area (Å²) in [7, 11) is 1.05. The number of aliphatic hydroxyl groups excluding tert-OH is 4. The molecule has 1 aromatic carbocycles. The van der Waals surface area contributed by atoms with Gasteiger partial charge in [-0.05, 0) is 17.7 Å². The van der Waals surface area contributed by atoms with Crippen LogP contribution in [-0.4, -0.2) is 64.2 Å². The molecule has 0 unspecified atom stereocenters. The van der Waals surface area contributed by atoms with Crippen molar-refractivity contribution in [2.75, 3.05) is 7.11 Å². The van der Waals surface area contributed by atoms with Gasteiger partial charge in [-0.25, -0.2) is 9.18 Å². The maximum Gasteiger partial charge on any atom is 0.337 e. The van der Waals surface area contributed by atoms with E-state index in [0.29, 0.717) is 5.56 Å². The van der Waals surface area contributed by atoms with Gasteiger partial charge >= 0.3 is 5.97 Å².